The number of carbonyl (C=O) groups is 2. The van der Waals surface area contributed by atoms with Gasteiger partial charge in [-0.15, -0.1) is 11.8 Å². The Morgan fingerprint density at radius 2 is 1.90 bits per heavy atom. The Morgan fingerprint density at radius 1 is 1.19 bits per heavy atom. The van der Waals surface area contributed by atoms with E-state index in [1.165, 1.54) is 17.8 Å². The summed E-state index contributed by atoms with van der Waals surface area (Å²) in [5.74, 6) is -0.339. The Labute approximate surface area is 193 Å². The molecule has 0 unspecified atom stereocenters. The highest BCUT2D eigenvalue weighted by atomic mass is 35.5. The number of thioether (sulfide) groups is 1. The summed E-state index contributed by atoms with van der Waals surface area (Å²) in [5.41, 5.74) is 2.43. The van der Waals surface area contributed by atoms with Gasteiger partial charge in [-0.1, -0.05) is 54.4 Å². The summed E-state index contributed by atoms with van der Waals surface area (Å²) in [7, 11) is 0. The highest BCUT2D eigenvalue weighted by molar-refractivity contribution is 7.99. The molecule has 0 saturated carbocycles. The molecule has 0 aliphatic heterocycles. The third kappa shape index (κ3) is 7.54. The molecule has 0 aromatic heterocycles. The maximum absolute atomic E-state index is 14.0. The van der Waals surface area contributed by atoms with Gasteiger partial charge >= 0.3 is 0 Å². The van der Waals surface area contributed by atoms with Crippen LogP contribution in [0, 0.1) is 12.7 Å². The molecule has 168 valence electrons. The van der Waals surface area contributed by atoms with E-state index in [9.17, 15) is 14.0 Å². The SMILES string of the molecule is CC[C@H](C)NC(=O)[C@H](C)N(Cc1cccc(C)c1)C(=O)CSCc1c(F)cccc1Cl. The Bertz CT molecular complexity index is 889. The van der Waals surface area contributed by atoms with Crippen molar-refractivity contribution in [1.82, 2.24) is 10.2 Å². The van der Waals surface area contributed by atoms with E-state index in [2.05, 4.69) is 5.32 Å². The molecule has 0 spiro atoms. The largest absolute Gasteiger partial charge is 0.352 e. The van der Waals surface area contributed by atoms with Crippen LogP contribution in [-0.4, -0.2) is 34.6 Å². The summed E-state index contributed by atoms with van der Waals surface area (Å²) in [6, 6.07) is 11.8. The van der Waals surface area contributed by atoms with Gasteiger partial charge in [-0.05, 0) is 44.9 Å². The van der Waals surface area contributed by atoms with Gasteiger partial charge < -0.3 is 10.2 Å². The minimum atomic E-state index is -0.625. The molecule has 2 rings (SSSR count). The average Bonchev–Trinajstić information content (AvgIpc) is 2.73. The van der Waals surface area contributed by atoms with E-state index in [0.717, 1.165) is 17.5 Å². The van der Waals surface area contributed by atoms with Gasteiger partial charge in [0.05, 0.1) is 5.75 Å². The number of carbonyl (C=O) groups excluding carboxylic acids is 2. The average molecular weight is 465 g/mol. The molecule has 0 bridgehead atoms. The topological polar surface area (TPSA) is 49.4 Å². The lowest BCUT2D eigenvalue weighted by molar-refractivity contribution is -0.138. The molecule has 0 radical (unpaired) electrons. The Kier molecular flexibility index (Phi) is 9.85. The zero-order chi connectivity index (χ0) is 23.0. The number of halogens is 2. The number of amides is 2. The molecule has 0 heterocycles. The zero-order valence-corrected chi connectivity index (χ0v) is 20.0. The Hall–Kier alpha value is -2.05. The lowest BCUT2D eigenvalue weighted by atomic mass is 10.1. The molecule has 1 N–H and O–H groups in total. The van der Waals surface area contributed by atoms with Gasteiger partial charge in [-0.25, -0.2) is 4.39 Å². The van der Waals surface area contributed by atoms with E-state index in [0.29, 0.717) is 17.1 Å². The van der Waals surface area contributed by atoms with Crippen LogP contribution >= 0.6 is 23.4 Å². The van der Waals surface area contributed by atoms with Crippen LogP contribution in [0.15, 0.2) is 42.5 Å². The van der Waals surface area contributed by atoms with Crippen LogP contribution in [0.5, 0.6) is 0 Å². The van der Waals surface area contributed by atoms with Crippen molar-refractivity contribution in [2.24, 2.45) is 0 Å². The predicted octanol–water partition coefficient (Wildman–Crippen LogP) is 5.35. The molecule has 2 aromatic rings. The van der Waals surface area contributed by atoms with E-state index in [1.54, 1.807) is 24.0 Å². The van der Waals surface area contributed by atoms with Gasteiger partial charge in [-0.2, -0.15) is 0 Å². The van der Waals surface area contributed by atoms with E-state index in [4.69, 9.17) is 11.6 Å². The lowest BCUT2D eigenvalue weighted by Crippen LogP contribution is -2.50. The van der Waals surface area contributed by atoms with Crippen molar-refractivity contribution >= 4 is 35.2 Å². The molecule has 7 heteroatoms. The summed E-state index contributed by atoms with van der Waals surface area (Å²) in [5, 5.41) is 3.30. The summed E-state index contributed by atoms with van der Waals surface area (Å²) in [6.45, 7) is 7.99. The van der Waals surface area contributed by atoms with Gasteiger partial charge in [-0.3, -0.25) is 9.59 Å². The monoisotopic (exact) mass is 464 g/mol. The second-order valence-corrected chi connectivity index (χ2v) is 9.09. The van der Waals surface area contributed by atoms with Crippen molar-refractivity contribution in [1.29, 1.82) is 0 Å². The molecule has 0 aliphatic carbocycles. The molecular weight excluding hydrogens is 435 g/mol. The first-order valence-electron chi connectivity index (χ1n) is 10.4. The third-order valence-corrected chi connectivity index (χ3v) is 6.44. The Balaban J connectivity index is 2.12. The number of nitrogens with one attached hydrogen (secondary N) is 1. The van der Waals surface area contributed by atoms with Crippen molar-refractivity contribution in [3.05, 3.63) is 70.0 Å². The second kappa shape index (κ2) is 12.1. The summed E-state index contributed by atoms with van der Waals surface area (Å²) in [6.07, 6.45) is 0.809. The molecule has 0 fully saturated rings. The van der Waals surface area contributed by atoms with Gasteiger partial charge in [0, 0.05) is 28.9 Å². The zero-order valence-electron chi connectivity index (χ0n) is 18.5. The second-order valence-electron chi connectivity index (χ2n) is 7.70. The minimum absolute atomic E-state index is 0.0310. The van der Waals surface area contributed by atoms with Crippen LogP contribution in [0.2, 0.25) is 5.02 Å². The molecule has 2 amide bonds. The van der Waals surface area contributed by atoms with E-state index >= 15 is 0 Å². The fourth-order valence-corrected chi connectivity index (χ4v) is 4.30. The molecule has 31 heavy (non-hydrogen) atoms. The van der Waals surface area contributed by atoms with Crippen molar-refractivity contribution in [3.63, 3.8) is 0 Å². The smallest absolute Gasteiger partial charge is 0.242 e. The number of nitrogens with zero attached hydrogens (tertiary/aromatic N) is 1. The van der Waals surface area contributed by atoms with Crippen LogP contribution in [-0.2, 0) is 21.9 Å². The van der Waals surface area contributed by atoms with Crippen molar-refractivity contribution < 1.29 is 14.0 Å². The maximum atomic E-state index is 14.0. The number of rotatable bonds is 10. The maximum Gasteiger partial charge on any atom is 0.242 e. The Morgan fingerprint density at radius 3 is 2.55 bits per heavy atom. The van der Waals surface area contributed by atoms with Crippen LogP contribution in [0.1, 0.15) is 43.9 Å². The highest BCUT2D eigenvalue weighted by Crippen LogP contribution is 2.24. The van der Waals surface area contributed by atoms with Crippen molar-refractivity contribution in [2.75, 3.05) is 5.75 Å². The van der Waals surface area contributed by atoms with Gasteiger partial charge in [0.1, 0.15) is 11.9 Å². The van der Waals surface area contributed by atoms with Crippen LogP contribution in [0.25, 0.3) is 0 Å². The van der Waals surface area contributed by atoms with Gasteiger partial charge in [0.2, 0.25) is 11.8 Å². The summed E-state index contributed by atoms with van der Waals surface area (Å²) < 4.78 is 14.0. The highest BCUT2D eigenvalue weighted by Gasteiger charge is 2.26. The van der Waals surface area contributed by atoms with Crippen LogP contribution in [0.3, 0.4) is 0 Å². The molecule has 4 nitrogen and oxygen atoms in total. The number of aryl methyl sites for hydroxylation is 1. The third-order valence-electron chi connectivity index (χ3n) is 5.14. The molecule has 0 saturated heterocycles. The molecular formula is C24H30ClFN2O2S. The van der Waals surface area contributed by atoms with E-state index < -0.39 is 6.04 Å². The minimum Gasteiger partial charge on any atom is -0.352 e. The van der Waals surface area contributed by atoms with Crippen molar-refractivity contribution in [3.8, 4) is 0 Å². The normalized spacial score (nSPS) is 12.8. The fraction of sp³-hybridized carbons (Fsp3) is 0.417. The van der Waals surface area contributed by atoms with E-state index in [-0.39, 0.29) is 35.2 Å². The quantitative estimate of drug-likeness (QED) is 0.515. The van der Waals surface area contributed by atoms with Crippen molar-refractivity contribution in [2.45, 2.75) is 58.5 Å². The predicted molar refractivity (Wildman–Crippen MR) is 127 cm³/mol. The van der Waals surface area contributed by atoms with Gasteiger partial charge in [0.25, 0.3) is 0 Å². The van der Waals surface area contributed by atoms with Crippen LogP contribution < -0.4 is 5.32 Å². The van der Waals surface area contributed by atoms with Gasteiger partial charge in [0.15, 0.2) is 0 Å². The first-order valence-corrected chi connectivity index (χ1v) is 11.9. The standard InChI is InChI=1S/C24H30ClFN2O2S/c1-5-17(3)27-24(30)18(4)28(13-19-9-6-8-16(2)12-19)23(29)15-31-14-20-21(25)10-7-11-22(20)26/h6-12,17-18H,5,13-15H2,1-4H3,(H,27,30)/t17-,18-/m0/s1. The first kappa shape index (κ1) is 25.2. The number of hydrogen-bond acceptors (Lipinski definition) is 3. The summed E-state index contributed by atoms with van der Waals surface area (Å²) >= 11 is 7.37. The summed E-state index contributed by atoms with van der Waals surface area (Å²) in [4.78, 5) is 27.4. The number of benzene rings is 2. The fourth-order valence-electron chi connectivity index (χ4n) is 3.05. The molecule has 0 aliphatic rings. The lowest BCUT2D eigenvalue weighted by Gasteiger charge is -2.29. The molecule has 2 aromatic carbocycles. The molecule has 2 atom stereocenters. The first-order chi connectivity index (χ1) is 14.7. The van der Waals surface area contributed by atoms with E-state index in [1.807, 2.05) is 45.0 Å². The number of hydrogen-bond donors (Lipinski definition) is 1. The van der Waals surface area contributed by atoms with Crippen LogP contribution in [0.4, 0.5) is 4.39 Å².